The van der Waals surface area contributed by atoms with E-state index in [0.717, 1.165) is 43.7 Å². The second-order valence-corrected chi connectivity index (χ2v) is 14.6. The minimum atomic E-state index is -0.0224. The molecule has 0 heterocycles. The topological polar surface area (TPSA) is 89.1 Å². The maximum absolute atomic E-state index is 4.51. The molecule has 0 aromatic carbocycles. The normalized spacial score (nSPS) is 14.1. The summed E-state index contributed by atoms with van der Waals surface area (Å²) in [5, 5.41) is 13.3. The van der Waals surface area contributed by atoms with Crippen LogP contribution in [0.2, 0.25) is 0 Å². The minimum absolute atomic E-state index is 0. The monoisotopic (exact) mass is 769 g/mol. The van der Waals surface area contributed by atoms with Gasteiger partial charge in [-0.15, -0.1) is 0 Å². The maximum atomic E-state index is 4.51. The van der Waals surface area contributed by atoms with E-state index in [0.29, 0.717) is 12.1 Å². The van der Waals surface area contributed by atoms with Gasteiger partial charge in [0.1, 0.15) is 0 Å². The Morgan fingerprint density at radius 3 is 1.27 bits per heavy atom. The van der Waals surface area contributed by atoms with E-state index in [2.05, 4.69) is 150 Å². The van der Waals surface area contributed by atoms with Gasteiger partial charge < -0.3 is 45.6 Å². The molecule has 0 aliphatic carbocycles. The first-order valence-corrected chi connectivity index (χ1v) is 14.9. The van der Waals surface area contributed by atoms with Gasteiger partial charge in [0.15, 0.2) is 0 Å². The number of hydrogen-bond acceptors (Lipinski definition) is 6. The van der Waals surface area contributed by atoms with Crippen LogP contribution in [0.5, 0.6) is 0 Å². The summed E-state index contributed by atoms with van der Waals surface area (Å²) in [6, 6.07) is 0.788. The molecule has 0 bridgehead atoms. The van der Waals surface area contributed by atoms with Crippen molar-refractivity contribution in [2.24, 2.45) is 15.0 Å². The zero-order chi connectivity index (χ0) is 33.2. The van der Waals surface area contributed by atoms with Crippen LogP contribution in [0, 0.1) is 0 Å². The fraction of sp³-hybridized carbons (Fsp3) is 0.906. The Morgan fingerprint density at radius 1 is 0.591 bits per heavy atom. The van der Waals surface area contributed by atoms with E-state index in [1.165, 1.54) is 0 Å². The van der Waals surface area contributed by atoms with Crippen molar-refractivity contribution in [3.05, 3.63) is 16.0 Å². The van der Waals surface area contributed by atoms with Gasteiger partial charge in [-0.2, -0.15) is 0 Å². The van der Waals surface area contributed by atoms with E-state index in [9.17, 15) is 0 Å². The molecule has 0 rings (SSSR count). The molecule has 0 saturated carbocycles. The van der Waals surface area contributed by atoms with E-state index >= 15 is 0 Å². The molecule has 0 fully saturated rings. The van der Waals surface area contributed by atoms with Crippen LogP contribution in [-0.4, -0.2) is 129 Å². The quantitative estimate of drug-likeness (QED) is 0.141. The van der Waals surface area contributed by atoms with E-state index in [1.54, 1.807) is 0 Å². The molecule has 44 heavy (non-hydrogen) atoms. The van der Waals surface area contributed by atoms with Crippen molar-refractivity contribution >= 4 is 17.5 Å². The molecule has 2 atom stereocenters. The van der Waals surface area contributed by atoms with Gasteiger partial charge in [0.05, 0.1) is 0 Å². The summed E-state index contributed by atoms with van der Waals surface area (Å²) in [6.45, 7) is 32.5. The molecule has 0 amide bonds. The van der Waals surface area contributed by atoms with Crippen LogP contribution >= 0.6 is 0 Å². The Morgan fingerprint density at radius 2 is 0.955 bits per heavy atom. The molecule has 12 heteroatoms. The van der Waals surface area contributed by atoms with Crippen LogP contribution in [0.3, 0.4) is 0 Å². The molecule has 0 N–H and O–H groups in total. The fourth-order valence-corrected chi connectivity index (χ4v) is 3.28. The predicted molar refractivity (Wildman–Crippen MR) is 188 cm³/mol. The molecule has 0 aromatic heterocycles. The fourth-order valence-electron chi connectivity index (χ4n) is 3.28. The molecular weight excluding hydrogens is 701 g/mol. The van der Waals surface area contributed by atoms with Crippen LogP contribution in [0.15, 0.2) is 15.0 Å². The summed E-state index contributed by atoms with van der Waals surface area (Å²) < 4.78 is 0. The Hall–Kier alpha value is -0.152. The number of amidine groups is 3. The Bertz CT molecular complexity index is 762. The summed E-state index contributed by atoms with van der Waals surface area (Å²) in [5.74, 6) is 2.69. The smallest absolute Gasteiger partial charge is 0.468 e. The van der Waals surface area contributed by atoms with Crippen molar-refractivity contribution in [1.29, 1.82) is 0 Å². The number of hydrogen-bond donors (Lipinski definition) is 0. The van der Waals surface area contributed by atoms with Crippen molar-refractivity contribution in [3.63, 3.8) is 0 Å². The second-order valence-electron chi connectivity index (χ2n) is 14.6. The van der Waals surface area contributed by atoms with Crippen molar-refractivity contribution in [1.82, 2.24) is 14.7 Å². The molecule has 2 unspecified atom stereocenters. The van der Waals surface area contributed by atoms with Gasteiger partial charge in [-0.3, -0.25) is 0 Å². The number of aliphatic imine (C=N–C) groups is 3. The third-order valence-corrected chi connectivity index (χ3v) is 4.88. The van der Waals surface area contributed by atoms with E-state index in [1.807, 2.05) is 34.9 Å². The zero-order valence-corrected chi connectivity index (χ0v) is 34.7. The van der Waals surface area contributed by atoms with Crippen molar-refractivity contribution in [2.45, 2.75) is 126 Å². The zero-order valence-electron chi connectivity index (χ0n) is 31.9. The van der Waals surface area contributed by atoms with E-state index in [-0.39, 0.29) is 67.8 Å². The number of rotatable bonds is 9. The third kappa shape index (κ3) is 48.7. The first kappa shape index (κ1) is 56.2. The average Bonchev–Trinajstić information content (AvgIpc) is 2.67. The summed E-state index contributed by atoms with van der Waals surface area (Å²) in [7, 11) is 12.3. The van der Waals surface area contributed by atoms with Crippen LogP contribution in [0.1, 0.15) is 96.9 Å². The van der Waals surface area contributed by atoms with Gasteiger partial charge in [-0.05, 0) is 119 Å². The number of likely N-dealkylation sites (N-methyl/N-ethyl adjacent to an activating group) is 3. The Labute approximate surface area is 306 Å². The van der Waals surface area contributed by atoms with Gasteiger partial charge in [0, 0.05) is 6.04 Å². The number of nitrogens with zero attached hydrogens (tertiary/aromatic N) is 9. The first-order chi connectivity index (χ1) is 18.2. The minimum Gasteiger partial charge on any atom is -0.468 e. The molecule has 0 spiro atoms. The van der Waals surface area contributed by atoms with Crippen LogP contribution in [0.4, 0.5) is 0 Å². The largest absolute Gasteiger partial charge is 1.00 e. The van der Waals surface area contributed by atoms with Gasteiger partial charge in [0.2, 0.25) is 0 Å². The SMILES string of the molecule is CC(=NC(C)(C)C)[N-]C(C)CN(C)C.CC(=NC(C)(C)C)[N-]CC(C)N(C)C.CC(=NC(C)(C)C)[N-]CCN(C)C.[Cu+].[Cu+].[Cu+]. The molecule has 0 aliphatic rings. The van der Waals surface area contributed by atoms with E-state index in [4.69, 9.17) is 0 Å². The predicted octanol–water partition coefficient (Wildman–Crippen LogP) is 7.19. The van der Waals surface area contributed by atoms with Crippen molar-refractivity contribution in [2.75, 3.05) is 68.5 Å². The van der Waals surface area contributed by atoms with Crippen LogP contribution < -0.4 is 0 Å². The molecule has 0 saturated heterocycles. The third-order valence-electron chi connectivity index (χ3n) is 4.88. The van der Waals surface area contributed by atoms with Crippen molar-refractivity contribution < 1.29 is 51.2 Å². The standard InChI is InChI=1S/2C11H24N3.C10H22N3.3Cu/c1-9(8-14(6)7)12-10(2)13-11(3,4)5;1-9(14(6)7)8-12-10(2)13-11(3,4)5;1-9(12-10(2,3)4)11-7-8-13(5)6;;;/h2*9H,8H2,1-7H3;7-8H2,1-6H3;;;/q3*-1;3*+1. The summed E-state index contributed by atoms with van der Waals surface area (Å²) in [6.07, 6.45) is 0. The molecule has 276 valence electrons. The van der Waals surface area contributed by atoms with E-state index < -0.39 is 0 Å². The molecule has 0 aromatic rings. The Balaban J connectivity index is -0.000000119. The van der Waals surface area contributed by atoms with Crippen molar-refractivity contribution in [3.8, 4) is 0 Å². The summed E-state index contributed by atoms with van der Waals surface area (Å²) >= 11 is 0. The first-order valence-electron chi connectivity index (χ1n) is 14.9. The molecule has 0 aliphatic heterocycles. The maximum Gasteiger partial charge on any atom is 1.00 e. The molecule has 9 nitrogen and oxygen atoms in total. The summed E-state index contributed by atoms with van der Waals surface area (Å²) in [5.41, 5.74) is -0.0495. The second kappa shape index (κ2) is 27.9. The summed E-state index contributed by atoms with van der Waals surface area (Å²) in [4.78, 5) is 19.8. The van der Waals surface area contributed by atoms with Crippen LogP contribution in [-0.2, 0) is 51.2 Å². The van der Waals surface area contributed by atoms with Gasteiger partial charge in [-0.25, -0.2) is 0 Å². The van der Waals surface area contributed by atoms with Gasteiger partial charge in [0.25, 0.3) is 0 Å². The van der Waals surface area contributed by atoms with Gasteiger partial charge >= 0.3 is 51.2 Å². The molecule has 0 radical (unpaired) electrons. The molecular formula is C32H70Cu3N9. The van der Waals surface area contributed by atoms with Crippen LogP contribution in [0.25, 0.3) is 16.0 Å². The Kier molecular flexibility index (Phi) is 35.7. The average molecular weight is 772 g/mol. The van der Waals surface area contributed by atoms with Gasteiger partial charge in [-0.1, -0.05) is 86.7 Å².